The fourth-order valence-electron chi connectivity index (χ4n) is 0.855. The van der Waals surface area contributed by atoms with Crippen molar-refractivity contribution in [3.8, 4) is 12.3 Å². The SMILES string of the molecule is C#CCOCCOCCOCCOCCS. The number of ether oxygens (including phenoxy) is 4. The molecule has 16 heavy (non-hydrogen) atoms. The Morgan fingerprint density at radius 2 is 1.19 bits per heavy atom. The van der Waals surface area contributed by atoms with Crippen LogP contribution in [-0.2, 0) is 18.9 Å². The highest BCUT2D eigenvalue weighted by molar-refractivity contribution is 7.80. The van der Waals surface area contributed by atoms with Crippen molar-refractivity contribution in [1.29, 1.82) is 0 Å². The molecule has 0 N–H and O–H groups in total. The van der Waals surface area contributed by atoms with Crippen molar-refractivity contribution in [2.24, 2.45) is 0 Å². The molecule has 0 unspecified atom stereocenters. The lowest BCUT2D eigenvalue weighted by atomic mass is 10.7. The van der Waals surface area contributed by atoms with Crippen LogP contribution < -0.4 is 0 Å². The molecule has 0 aliphatic carbocycles. The van der Waals surface area contributed by atoms with E-state index in [0.717, 1.165) is 5.75 Å². The van der Waals surface area contributed by atoms with Gasteiger partial charge >= 0.3 is 0 Å². The van der Waals surface area contributed by atoms with Gasteiger partial charge in [-0.05, 0) is 0 Å². The summed E-state index contributed by atoms with van der Waals surface area (Å²) in [5, 5.41) is 0. The number of rotatable bonds is 12. The Kier molecular flexibility index (Phi) is 14.5. The highest BCUT2D eigenvalue weighted by Crippen LogP contribution is 1.83. The lowest BCUT2D eigenvalue weighted by Gasteiger charge is -2.06. The van der Waals surface area contributed by atoms with E-state index in [1.54, 1.807) is 0 Å². The van der Waals surface area contributed by atoms with Crippen LogP contribution in [0.5, 0.6) is 0 Å². The number of hydrogen-bond donors (Lipinski definition) is 1. The van der Waals surface area contributed by atoms with Gasteiger partial charge < -0.3 is 18.9 Å². The molecule has 0 radical (unpaired) electrons. The number of thiol groups is 1. The standard InChI is InChI=1S/C11H20O4S/c1-2-3-12-4-5-13-6-7-14-8-9-15-10-11-16/h1,16H,3-11H2. The van der Waals surface area contributed by atoms with Gasteiger partial charge in [0, 0.05) is 5.75 Å². The van der Waals surface area contributed by atoms with Crippen molar-refractivity contribution in [2.45, 2.75) is 0 Å². The van der Waals surface area contributed by atoms with Crippen LogP contribution in [0.3, 0.4) is 0 Å². The minimum Gasteiger partial charge on any atom is -0.378 e. The normalized spacial score (nSPS) is 10.2. The molecule has 0 spiro atoms. The molecule has 0 rings (SSSR count). The zero-order valence-corrected chi connectivity index (χ0v) is 10.4. The van der Waals surface area contributed by atoms with E-state index in [1.165, 1.54) is 0 Å². The highest BCUT2D eigenvalue weighted by atomic mass is 32.1. The van der Waals surface area contributed by atoms with Crippen molar-refractivity contribution in [3.05, 3.63) is 0 Å². The third-order valence-corrected chi connectivity index (χ3v) is 1.72. The lowest BCUT2D eigenvalue weighted by molar-refractivity contribution is 0.00313. The monoisotopic (exact) mass is 248 g/mol. The van der Waals surface area contributed by atoms with Crippen LogP contribution in [0, 0.1) is 12.3 Å². The minimum absolute atomic E-state index is 0.336. The first-order valence-electron chi connectivity index (χ1n) is 5.27. The topological polar surface area (TPSA) is 36.9 Å². The van der Waals surface area contributed by atoms with Crippen LogP contribution >= 0.6 is 12.6 Å². The molecule has 0 aromatic carbocycles. The Labute approximate surface area is 103 Å². The van der Waals surface area contributed by atoms with Crippen LogP contribution in [0.25, 0.3) is 0 Å². The maximum absolute atomic E-state index is 5.26. The van der Waals surface area contributed by atoms with Gasteiger partial charge in [-0.25, -0.2) is 0 Å². The molecule has 0 heterocycles. The van der Waals surface area contributed by atoms with Crippen LogP contribution in [-0.4, -0.2) is 58.6 Å². The molecule has 4 nitrogen and oxygen atoms in total. The summed E-state index contributed by atoms with van der Waals surface area (Å²) in [6.07, 6.45) is 5.01. The van der Waals surface area contributed by atoms with Crippen LogP contribution in [0.15, 0.2) is 0 Å². The molecular weight excluding hydrogens is 228 g/mol. The molecule has 0 atom stereocenters. The second-order valence-corrected chi connectivity index (χ2v) is 3.26. The molecule has 0 bridgehead atoms. The average Bonchev–Trinajstić information content (AvgIpc) is 2.31. The molecule has 0 aromatic rings. The molecule has 0 aliphatic heterocycles. The summed E-state index contributed by atoms with van der Waals surface area (Å²) in [5.41, 5.74) is 0. The van der Waals surface area contributed by atoms with Crippen molar-refractivity contribution in [3.63, 3.8) is 0 Å². The Balaban J connectivity index is 2.86. The van der Waals surface area contributed by atoms with Gasteiger partial charge in [-0.15, -0.1) is 6.42 Å². The Morgan fingerprint density at radius 1 is 0.750 bits per heavy atom. The second-order valence-electron chi connectivity index (χ2n) is 2.82. The van der Waals surface area contributed by atoms with Gasteiger partial charge in [0.1, 0.15) is 6.61 Å². The summed E-state index contributed by atoms with van der Waals surface area (Å²) < 4.78 is 20.7. The Bertz CT molecular complexity index is 170. The molecule has 0 amide bonds. The van der Waals surface area contributed by atoms with Crippen LogP contribution in [0.2, 0.25) is 0 Å². The zero-order chi connectivity index (χ0) is 11.9. The molecule has 0 saturated heterocycles. The predicted octanol–water partition coefficient (Wildman–Crippen LogP) is 0.616. The third kappa shape index (κ3) is 13.8. The molecule has 0 fully saturated rings. The van der Waals surface area contributed by atoms with Gasteiger partial charge in [-0.2, -0.15) is 12.6 Å². The van der Waals surface area contributed by atoms with Gasteiger partial charge in [0.15, 0.2) is 0 Å². The van der Waals surface area contributed by atoms with Crippen molar-refractivity contribution >= 4 is 12.6 Å². The fourth-order valence-corrected chi connectivity index (χ4v) is 0.984. The van der Waals surface area contributed by atoms with Crippen LogP contribution in [0.4, 0.5) is 0 Å². The highest BCUT2D eigenvalue weighted by Gasteiger charge is 1.91. The summed E-state index contributed by atoms with van der Waals surface area (Å²) in [6.45, 7) is 4.39. The van der Waals surface area contributed by atoms with Crippen molar-refractivity contribution < 1.29 is 18.9 Å². The average molecular weight is 248 g/mol. The number of terminal acetylenes is 1. The van der Waals surface area contributed by atoms with E-state index in [2.05, 4.69) is 18.5 Å². The fraction of sp³-hybridized carbons (Fsp3) is 0.818. The summed E-state index contributed by atoms with van der Waals surface area (Å²) >= 11 is 4.02. The molecule has 0 saturated carbocycles. The van der Waals surface area contributed by atoms with E-state index >= 15 is 0 Å². The smallest absolute Gasteiger partial charge is 0.107 e. The maximum atomic E-state index is 5.26. The third-order valence-electron chi connectivity index (χ3n) is 1.54. The molecular formula is C11H20O4S. The quantitative estimate of drug-likeness (QED) is 0.312. The summed E-state index contributed by atoms with van der Waals surface area (Å²) in [6, 6.07) is 0. The van der Waals surface area contributed by atoms with E-state index in [-0.39, 0.29) is 0 Å². The van der Waals surface area contributed by atoms with Gasteiger partial charge in [-0.1, -0.05) is 5.92 Å². The van der Waals surface area contributed by atoms with Crippen molar-refractivity contribution in [1.82, 2.24) is 0 Å². The Hall–Kier alpha value is -0.250. The minimum atomic E-state index is 0.336. The van der Waals surface area contributed by atoms with E-state index < -0.39 is 0 Å². The van der Waals surface area contributed by atoms with Gasteiger partial charge in [0.05, 0.1) is 46.2 Å². The van der Waals surface area contributed by atoms with E-state index in [1.807, 2.05) is 0 Å². The molecule has 0 aromatic heterocycles. The first-order chi connectivity index (χ1) is 7.91. The summed E-state index contributed by atoms with van der Waals surface area (Å²) in [4.78, 5) is 0. The molecule has 5 heteroatoms. The lowest BCUT2D eigenvalue weighted by Crippen LogP contribution is -2.12. The maximum Gasteiger partial charge on any atom is 0.107 e. The summed E-state index contributed by atoms with van der Waals surface area (Å²) in [5.74, 6) is 3.12. The molecule has 0 aliphatic rings. The zero-order valence-electron chi connectivity index (χ0n) is 9.52. The largest absolute Gasteiger partial charge is 0.378 e. The molecule has 94 valence electrons. The first-order valence-corrected chi connectivity index (χ1v) is 5.90. The first kappa shape index (κ1) is 15.8. The number of hydrogen-bond acceptors (Lipinski definition) is 5. The summed E-state index contributed by atoms with van der Waals surface area (Å²) in [7, 11) is 0. The van der Waals surface area contributed by atoms with E-state index in [9.17, 15) is 0 Å². The van der Waals surface area contributed by atoms with Crippen molar-refractivity contribution in [2.75, 3.05) is 58.6 Å². The van der Waals surface area contributed by atoms with Gasteiger partial charge in [-0.3, -0.25) is 0 Å². The Morgan fingerprint density at radius 3 is 1.62 bits per heavy atom. The van der Waals surface area contributed by atoms with Crippen LogP contribution in [0.1, 0.15) is 0 Å². The van der Waals surface area contributed by atoms with Gasteiger partial charge in [0.25, 0.3) is 0 Å². The van der Waals surface area contributed by atoms with Gasteiger partial charge in [0.2, 0.25) is 0 Å². The predicted molar refractivity (Wildman–Crippen MR) is 66.0 cm³/mol. The van der Waals surface area contributed by atoms with E-state index in [0.29, 0.717) is 52.9 Å². The second kappa shape index (κ2) is 14.8. The van der Waals surface area contributed by atoms with E-state index in [4.69, 9.17) is 25.4 Å².